The monoisotopic (exact) mass is 420 g/mol. The third kappa shape index (κ3) is 3.88. The van der Waals surface area contributed by atoms with Gasteiger partial charge in [-0.2, -0.15) is 0 Å². The Hall–Kier alpha value is -2.41. The van der Waals surface area contributed by atoms with E-state index in [9.17, 15) is 14.0 Å². The number of ketones is 1. The summed E-state index contributed by atoms with van der Waals surface area (Å²) in [6.45, 7) is 3.72. The molecule has 2 aromatic rings. The Morgan fingerprint density at radius 3 is 2.69 bits per heavy atom. The van der Waals surface area contributed by atoms with E-state index in [1.807, 2.05) is 13.8 Å². The zero-order valence-electron chi connectivity index (χ0n) is 16.3. The maximum Gasteiger partial charge on any atom is 0.258 e. The van der Waals surface area contributed by atoms with E-state index >= 15 is 0 Å². The van der Waals surface area contributed by atoms with Crippen LogP contribution in [0.2, 0.25) is 5.02 Å². The molecule has 1 aromatic heterocycles. The average Bonchev–Trinajstić information content (AvgIpc) is 3.10. The number of ether oxygens (including phenoxy) is 1. The van der Waals surface area contributed by atoms with Gasteiger partial charge < -0.3 is 14.5 Å². The topological polar surface area (TPSA) is 81.4 Å². The highest BCUT2D eigenvalue weighted by Crippen LogP contribution is 2.69. The first kappa shape index (κ1) is 19.9. The van der Waals surface area contributed by atoms with Crippen LogP contribution in [0.25, 0.3) is 0 Å². The molecule has 0 atom stereocenters. The molecule has 3 aliphatic carbocycles. The van der Waals surface area contributed by atoms with Crippen LogP contribution in [0, 0.1) is 11.2 Å². The molecule has 0 spiro atoms. The molecule has 3 saturated carbocycles. The molecule has 0 aliphatic heterocycles. The van der Waals surface area contributed by atoms with Crippen molar-refractivity contribution in [2.45, 2.75) is 51.0 Å². The molecule has 6 nitrogen and oxygen atoms in total. The van der Waals surface area contributed by atoms with E-state index in [1.165, 1.54) is 18.4 Å². The molecule has 2 bridgehead atoms. The molecule has 0 saturated heterocycles. The maximum absolute atomic E-state index is 13.4. The number of rotatable bonds is 8. The molecule has 1 heterocycles. The fourth-order valence-electron chi connectivity index (χ4n) is 4.48. The van der Waals surface area contributed by atoms with Crippen LogP contribution in [0.15, 0.2) is 28.9 Å². The van der Waals surface area contributed by atoms with Gasteiger partial charge in [0.2, 0.25) is 0 Å². The standard InChI is InChI=1S/C21H22ClFN2O4/c1-12(2)19-24-16(7-29-19)17(26)6-20-9-21(10-20,11-20)25-18(27)8-28-13-3-4-14(22)15(23)5-13/h3-5,7,12H,6,8-11H2,1-2H3,(H,25,27). The number of nitrogens with zero attached hydrogens (tertiary/aromatic N) is 1. The normalized spacial score (nSPS) is 24.6. The molecular formula is C21H22ClFN2O4. The lowest BCUT2D eigenvalue weighted by atomic mass is 9.38. The number of amides is 1. The molecule has 29 heavy (non-hydrogen) atoms. The number of halogens is 2. The van der Waals surface area contributed by atoms with Crippen molar-refractivity contribution in [2.75, 3.05) is 6.61 Å². The van der Waals surface area contributed by atoms with Crippen molar-refractivity contribution in [2.24, 2.45) is 5.41 Å². The summed E-state index contributed by atoms with van der Waals surface area (Å²) >= 11 is 5.62. The highest BCUT2D eigenvalue weighted by Gasteiger charge is 2.68. The number of nitrogens with one attached hydrogen (secondary N) is 1. The van der Waals surface area contributed by atoms with Crippen molar-refractivity contribution in [3.63, 3.8) is 0 Å². The van der Waals surface area contributed by atoms with Crippen LogP contribution in [-0.4, -0.2) is 28.8 Å². The number of carbonyl (C=O) groups excluding carboxylic acids is 2. The molecular weight excluding hydrogens is 399 g/mol. The Morgan fingerprint density at radius 1 is 1.34 bits per heavy atom. The Morgan fingerprint density at radius 2 is 2.07 bits per heavy atom. The van der Waals surface area contributed by atoms with Gasteiger partial charge >= 0.3 is 0 Å². The summed E-state index contributed by atoms with van der Waals surface area (Å²) in [5.41, 5.74) is 0.0699. The second-order valence-corrected chi connectivity index (χ2v) is 8.96. The zero-order valence-corrected chi connectivity index (χ0v) is 17.0. The predicted molar refractivity (Wildman–Crippen MR) is 104 cm³/mol. The number of carbonyl (C=O) groups is 2. The lowest BCUT2D eigenvalue weighted by molar-refractivity contribution is -0.164. The number of aromatic nitrogens is 1. The summed E-state index contributed by atoms with van der Waals surface area (Å²) in [7, 11) is 0. The van der Waals surface area contributed by atoms with E-state index in [4.69, 9.17) is 20.8 Å². The van der Waals surface area contributed by atoms with Crippen LogP contribution in [0.4, 0.5) is 4.39 Å². The first-order chi connectivity index (χ1) is 13.7. The Bertz CT molecular complexity index is 952. The van der Waals surface area contributed by atoms with Gasteiger partial charge in [-0.1, -0.05) is 25.4 Å². The van der Waals surface area contributed by atoms with E-state index < -0.39 is 5.82 Å². The molecule has 1 amide bonds. The third-order valence-corrected chi connectivity index (χ3v) is 5.95. The van der Waals surface area contributed by atoms with Crippen LogP contribution in [0.1, 0.15) is 61.8 Å². The van der Waals surface area contributed by atoms with Crippen molar-refractivity contribution < 1.29 is 23.1 Å². The summed E-state index contributed by atoms with van der Waals surface area (Å²) < 4.78 is 24.1. The maximum atomic E-state index is 13.4. The summed E-state index contributed by atoms with van der Waals surface area (Å²) in [6.07, 6.45) is 4.14. The van der Waals surface area contributed by atoms with Gasteiger partial charge in [0.25, 0.3) is 5.91 Å². The second-order valence-electron chi connectivity index (χ2n) is 8.55. The summed E-state index contributed by atoms with van der Waals surface area (Å²) in [5.74, 6) is 0.0663. The van der Waals surface area contributed by atoms with E-state index in [-0.39, 0.29) is 45.9 Å². The molecule has 3 aliphatic rings. The number of hydrogen-bond donors (Lipinski definition) is 1. The summed E-state index contributed by atoms with van der Waals surface area (Å²) in [6, 6.07) is 4.03. The molecule has 0 unspecified atom stereocenters. The first-order valence-corrected chi connectivity index (χ1v) is 9.95. The highest BCUT2D eigenvalue weighted by molar-refractivity contribution is 6.30. The number of hydrogen-bond acceptors (Lipinski definition) is 5. The smallest absolute Gasteiger partial charge is 0.258 e. The van der Waals surface area contributed by atoms with E-state index in [0.717, 1.165) is 25.3 Å². The Kier molecular flexibility index (Phi) is 4.89. The molecule has 154 valence electrons. The van der Waals surface area contributed by atoms with Gasteiger partial charge in [0, 0.05) is 23.9 Å². The third-order valence-electron chi connectivity index (χ3n) is 5.64. The minimum atomic E-state index is -0.594. The molecule has 1 N–H and O–H groups in total. The Labute approximate surface area is 172 Å². The second kappa shape index (κ2) is 7.13. The van der Waals surface area contributed by atoms with Crippen molar-refractivity contribution in [1.82, 2.24) is 10.3 Å². The molecule has 1 aromatic carbocycles. The fraction of sp³-hybridized carbons (Fsp3) is 0.476. The van der Waals surface area contributed by atoms with Gasteiger partial charge in [0.05, 0.1) is 5.02 Å². The van der Waals surface area contributed by atoms with Gasteiger partial charge in [-0.25, -0.2) is 9.37 Å². The fourth-order valence-corrected chi connectivity index (χ4v) is 4.60. The van der Waals surface area contributed by atoms with Gasteiger partial charge in [0.15, 0.2) is 18.3 Å². The van der Waals surface area contributed by atoms with Crippen LogP contribution in [0.3, 0.4) is 0 Å². The molecule has 0 radical (unpaired) electrons. The van der Waals surface area contributed by atoms with Gasteiger partial charge in [0.1, 0.15) is 23.5 Å². The van der Waals surface area contributed by atoms with Gasteiger partial charge in [-0.15, -0.1) is 0 Å². The first-order valence-electron chi connectivity index (χ1n) is 9.57. The van der Waals surface area contributed by atoms with Crippen molar-refractivity contribution in [1.29, 1.82) is 0 Å². The number of Topliss-reactive ketones (excluding diaryl/α,β-unsaturated/α-hetero) is 1. The van der Waals surface area contributed by atoms with Crippen LogP contribution >= 0.6 is 11.6 Å². The molecule has 3 fully saturated rings. The van der Waals surface area contributed by atoms with Crippen molar-refractivity contribution in [3.05, 3.63) is 46.9 Å². The largest absolute Gasteiger partial charge is 0.484 e. The summed E-state index contributed by atoms with van der Waals surface area (Å²) in [4.78, 5) is 28.9. The van der Waals surface area contributed by atoms with Gasteiger partial charge in [-0.05, 0) is 36.8 Å². The molecule has 8 heteroatoms. The van der Waals surface area contributed by atoms with Crippen molar-refractivity contribution in [3.8, 4) is 5.75 Å². The zero-order chi connectivity index (χ0) is 20.8. The summed E-state index contributed by atoms with van der Waals surface area (Å²) in [5, 5.41) is 2.98. The lowest BCUT2D eigenvalue weighted by Crippen LogP contribution is -2.75. The number of benzene rings is 1. The van der Waals surface area contributed by atoms with Crippen LogP contribution in [0.5, 0.6) is 5.75 Å². The van der Waals surface area contributed by atoms with Gasteiger partial charge in [-0.3, -0.25) is 9.59 Å². The average molecular weight is 421 g/mol. The molecule has 5 rings (SSSR count). The van der Waals surface area contributed by atoms with Crippen LogP contribution in [-0.2, 0) is 4.79 Å². The van der Waals surface area contributed by atoms with E-state index in [0.29, 0.717) is 18.0 Å². The lowest BCUT2D eigenvalue weighted by Gasteiger charge is -2.70. The van der Waals surface area contributed by atoms with Crippen LogP contribution < -0.4 is 10.1 Å². The minimum Gasteiger partial charge on any atom is -0.484 e. The predicted octanol–water partition coefficient (Wildman–Crippen LogP) is 4.28. The van der Waals surface area contributed by atoms with Crippen molar-refractivity contribution >= 4 is 23.3 Å². The van der Waals surface area contributed by atoms with E-state index in [1.54, 1.807) is 0 Å². The quantitative estimate of drug-likeness (QED) is 0.644. The number of oxazole rings is 1. The van der Waals surface area contributed by atoms with E-state index in [2.05, 4.69) is 10.3 Å². The minimum absolute atomic E-state index is 0.00145. The SMILES string of the molecule is CC(C)c1nc(C(=O)CC23CC(NC(=O)COc4ccc(Cl)c(F)c4)(C2)C3)co1. The highest BCUT2D eigenvalue weighted by atomic mass is 35.5. The Balaban J connectivity index is 1.23.